The van der Waals surface area contributed by atoms with Crippen molar-refractivity contribution in [2.45, 2.75) is 37.8 Å². The molecule has 0 bridgehead atoms. The molecule has 0 spiro atoms. The van der Waals surface area contributed by atoms with Crippen LogP contribution in [0.2, 0.25) is 5.02 Å². The van der Waals surface area contributed by atoms with Crippen LogP contribution >= 0.6 is 11.6 Å². The van der Waals surface area contributed by atoms with Gasteiger partial charge in [-0.15, -0.1) is 0 Å². The average molecular weight is 648 g/mol. The minimum Gasteiger partial charge on any atom is -0.497 e. The number of hydrogen-bond donors (Lipinski definition) is 1. The largest absolute Gasteiger partial charge is 0.497 e. The molecule has 0 radical (unpaired) electrons. The van der Waals surface area contributed by atoms with Gasteiger partial charge >= 0.3 is 0 Å². The maximum absolute atomic E-state index is 14.3. The Morgan fingerprint density at radius 1 is 0.886 bits per heavy atom. The first-order chi connectivity index (χ1) is 21.0. The summed E-state index contributed by atoms with van der Waals surface area (Å²) in [5.41, 5.74) is 0.718. The van der Waals surface area contributed by atoms with Gasteiger partial charge in [0.1, 0.15) is 24.1 Å². The Morgan fingerprint density at radius 3 is 2.18 bits per heavy atom. The lowest BCUT2D eigenvalue weighted by molar-refractivity contribution is -0.139. The molecular weight excluding hydrogens is 610 g/mol. The van der Waals surface area contributed by atoms with Crippen molar-refractivity contribution in [2.24, 2.45) is 0 Å². The molecule has 0 fully saturated rings. The first-order valence-electron chi connectivity index (χ1n) is 13.8. The van der Waals surface area contributed by atoms with E-state index in [-0.39, 0.29) is 34.5 Å². The maximum atomic E-state index is 14.3. The summed E-state index contributed by atoms with van der Waals surface area (Å²) >= 11 is 6.20. The van der Waals surface area contributed by atoms with Crippen LogP contribution < -0.4 is 28.6 Å². The fourth-order valence-electron chi connectivity index (χ4n) is 4.42. The highest BCUT2D eigenvalue weighted by molar-refractivity contribution is 7.92. The molecule has 2 amide bonds. The fourth-order valence-corrected chi connectivity index (χ4v) is 6.07. The van der Waals surface area contributed by atoms with Gasteiger partial charge in [-0.3, -0.25) is 13.9 Å². The van der Waals surface area contributed by atoms with E-state index in [0.717, 1.165) is 4.31 Å². The molecule has 11 nitrogen and oxygen atoms in total. The number of ether oxygens (including phenoxy) is 4. The lowest BCUT2D eigenvalue weighted by Crippen LogP contribution is -2.51. The number of nitrogens with zero attached hydrogens (tertiary/aromatic N) is 2. The summed E-state index contributed by atoms with van der Waals surface area (Å²) in [5, 5.41) is 3.26. The van der Waals surface area contributed by atoms with E-state index in [1.54, 1.807) is 43.3 Å². The minimum atomic E-state index is -4.44. The summed E-state index contributed by atoms with van der Waals surface area (Å²) in [7, 11) is 1.21. The Bertz CT molecular complexity index is 1570. The normalized spacial score (nSPS) is 11.7. The monoisotopic (exact) mass is 647 g/mol. The number of sulfonamides is 1. The number of carbonyl (C=O) groups is 2. The second-order valence-corrected chi connectivity index (χ2v) is 12.0. The summed E-state index contributed by atoms with van der Waals surface area (Å²) < 4.78 is 51.1. The molecular formula is C31H38ClN3O8S. The van der Waals surface area contributed by atoms with Crippen LogP contribution in [-0.4, -0.2) is 72.7 Å². The van der Waals surface area contributed by atoms with Crippen molar-refractivity contribution in [1.29, 1.82) is 0 Å². The Hall–Kier alpha value is -4.16. The van der Waals surface area contributed by atoms with E-state index in [0.29, 0.717) is 35.1 Å². The Labute approximate surface area is 263 Å². The van der Waals surface area contributed by atoms with Crippen LogP contribution in [0.15, 0.2) is 65.6 Å². The number of benzene rings is 3. The standard InChI is InChI=1S/C31H38ClN3O8S/c1-7-15-33-31(37)21(2)34(19-22-9-8-10-23(32)16-22)30(36)20-35(26-17-24(40-3)11-13-27(26)41-4)44(38,39)25-12-14-28(42-5)29(18-25)43-6/h8-14,16-18,21H,7,15,19-20H2,1-6H3,(H,33,37)/t21-/m1/s1. The van der Waals surface area contributed by atoms with Gasteiger partial charge in [0, 0.05) is 30.2 Å². The molecule has 0 unspecified atom stereocenters. The quantitative estimate of drug-likeness (QED) is 0.256. The number of rotatable bonds is 15. The fraction of sp³-hybridized carbons (Fsp3) is 0.355. The van der Waals surface area contributed by atoms with Gasteiger partial charge in [0.15, 0.2) is 11.5 Å². The van der Waals surface area contributed by atoms with E-state index in [1.165, 1.54) is 57.6 Å². The molecule has 0 saturated heterocycles. The average Bonchev–Trinajstić information content (AvgIpc) is 3.03. The maximum Gasteiger partial charge on any atom is 0.265 e. The van der Waals surface area contributed by atoms with Crippen LogP contribution in [-0.2, 0) is 26.2 Å². The van der Waals surface area contributed by atoms with Crippen LogP contribution in [0, 0.1) is 0 Å². The summed E-state index contributed by atoms with van der Waals surface area (Å²) in [6.07, 6.45) is 0.702. The number of hydrogen-bond acceptors (Lipinski definition) is 8. The third kappa shape index (κ3) is 8.06. The van der Waals surface area contributed by atoms with Gasteiger partial charge in [-0.2, -0.15) is 0 Å². The Kier molecular flexibility index (Phi) is 12.1. The molecule has 0 aliphatic carbocycles. The van der Waals surface area contributed by atoms with E-state index in [1.807, 2.05) is 6.92 Å². The molecule has 1 N–H and O–H groups in total. The van der Waals surface area contributed by atoms with Crippen molar-refractivity contribution in [3.05, 3.63) is 71.2 Å². The van der Waals surface area contributed by atoms with E-state index in [4.69, 9.17) is 30.5 Å². The zero-order valence-electron chi connectivity index (χ0n) is 25.6. The van der Waals surface area contributed by atoms with Gasteiger partial charge < -0.3 is 29.2 Å². The Balaban J connectivity index is 2.16. The van der Waals surface area contributed by atoms with Gasteiger partial charge in [-0.05, 0) is 55.3 Å². The Morgan fingerprint density at radius 2 is 1.57 bits per heavy atom. The number of amides is 2. The van der Waals surface area contributed by atoms with Crippen molar-refractivity contribution in [3.8, 4) is 23.0 Å². The molecule has 3 aromatic carbocycles. The summed E-state index contributed by atoms with van der Waals surface area (Å²) in [4.78, 5) is 28.4. The van der Waals surface area contributed by atoms with Gasteiger partial charge in [0.2, 0.25) is 11.8 Å². The molecule has 0 aliphatic rings. The zero-order chi connectivity index (χ0) is 32.4. The molecule has 44 heavy (non-hydrogen) atoms. The number of halogens is 1. The number of methoxy groups -OCH3 is 4. The topological polar surface area (TPSA) is 124 Å². The summed E-state index contributed by atoms with van der Waals surface area (Å²) in [6.45, 7) is 3.25. The van der Waals surface area contributed by atoms with E-state index < -0.39 is 28.5 Å². The molecule has 13 heteroatoms. The second kappa shape index (κ2) is 15.5. The van der Waals surface area contributed by atoms with Crippen molar-refractivity contribution in [1.82, 2.24) is 10.2 Å². The van der Waals surface area contributed by atoms with Gasteiger partial charge in [-0.1, -0.05) is 30.7 Å². The van der Waals surface area contributed by atoms with Gasteiger partial charge in [0.05, 0.1) is 39.0 Å². The van der Waals surface area contributed by atoms with Crippen LogP contribution in [0.25, 0.3) is 0 Å². The summed E-state index contributed by atoms with van der Waals surface area (Å²) in [5.74, 6) is 0.00378. The van der Waals surface area contributed by atoms with E-state index in [9.17, 15) is 18.0 Å². The first-order valence-corrected chi connectivity index (χ1v) is 15.6. The first kappa shape index (κ1) is 34.3. The van der Waals surface area contributed by atoms with E-state index in [2.05, 4.69) is 5.32 Å². The number of nitrogens with one attached hydrogen (secondary N) is 1. The second-order valence-electron chi connectivity index (χ2n) is 9.68. The molecule has 3 rings (SSSR count). The lowest BCUT2D eigenvalue weighted by atomic mass is 10.1. The van der Waals surface area contributed by atoms with Crippen molar-refractivity contribution in [2.75, 3.05) is 45.8 Å². The van der Waals surface area contributed by atoms with Crippen LogP contribution in [0.5, 0.6) is 23.0 Å². The summed E-state index contributed by atoms with van der Waals surface area (Å²) in [6, 6.07) is 14.7. The van der Waals surface area contributed by atoms with Crippen molar-refractivity contribution >= 4 is 39.1 Å². The van der Waals surface area contributed by atoms with Gasteiger partial charge in [-0.25, -0.2) is 8.42 Å². The smallest absolute Gasteiger partial charge is 0.265 e. The molecule has 0 aromatic heterocycles. The van der Waals surface area contributed by atoms with Crippen LogP contribution in [0.3, 0.4) is 0 Å². The molecule has 238 valence electrons. The van der Waals surface area contributed by atoms with Crippen LogP contribution in [0.4, 0.5) is 5.69 Å². The number of carbonyl (C=O) groups excluding carboxylic acids is 2. The highest BCUT2D eigenvalue weighted by Crippen LogP contribution is 2.37. The zero-order valence-corrected chi connectivity index (χ0v) is 27.2. The highest BCUT2D eigenvalue weighted by atomic mass is 35.5. The molecule has 1 atom stereocenters. The molecule has 0 saturated carbocycles. The predicted molar refractivity (Wildman–Crippen MR) is 168 cm³/mol. The third-order valence-corrected chi connectivity index (χ3v) is 8.83. The van der Waals surface area contributed by atoms with Crippen molar-refractivity contribution < 1.29 is 37.0 Å². The van der Waals surface area contributed by atoms with E-state index >= 15 is 0 Å². The van der Waals surface area contributed by atoms with Crippen LogP contribution in [0.1, 0.15) is 25.8 Å². The molecule has 0 aliphatic heterocycles. The third-order valence-electron chi connectivity index (χ3n) is 6.84. The minimum absolute atomic E-state index is 0.000400. The van der Waals surface area contributed by atoms with Crippen molar-refractivity contribution in [3.63, 3.8) is 0 Å². The molecule has 0 heterocycles. The SMILES string of the molecule is CCCNC(=O)[C@@H](C)N(Cc1cccc(Cl)c1)C(=O)CN(c1cc(OC)ccc1OC)S(=O)(=O)c1ccc(OC)c(OC)c1. The highest BCUT2D eigenvalue weighted by Gasteiger charge is 2.34. The lowest BCUT2D eigenvalue weighted by Gasteiger charge is -2.32. The molecule has 3 aromatic rings. The number of anilines is 1. The van der Waals surface area contributed by atoms with Gasteiger partial charge in [0.25, 0.3) is 10.0 Å². The predicted octanol–water partition coefficient (Wildman–Crippen LogP) is 4.51.